The van der Waals surface area contributed by atoms with Crippen molar-refractivity contribution < 1.29 is 4.42 Å². The van der Waals surface area contributed by atoms with Gasteiger partial charge in [0.15, 0.2) is 17.5 Å². The number of aromatic nitrogens is 4. The Morgan fingerprint density at radius 1 is 0.477 bits per heavy atom. The summed E-state index contributed by atoms with van der Waals surface area (Å²) >= 11 is 0. The van der Waals surface area contributed by atoms with Crippen LogP contribution in [-0.4, -0.2) is 19.9 Å². The highest BCUT2D eigenvalue weighted by Gasteiger charge is 2.16. The largest absolute Gasteiger partial charge is 0.456 e. The number of pyridine rings is 1. The Labute approximate surface area is 254 Å². The van der Waals surface area contributed by atoms with Crippen LogP contribution in [0.15, 0.2) is 144 Å². The Morgan fingerprint density at radius 2 is 1.07 bits per heavy atom. The molecule has 0 saturated carbocycles. The Bertz CT molecular complexity index is 2270. The lowest BCUT2D eigenvalue weighted by molar-refractivity contribution is 0.669. The van der Waals surface area contributed by atoms with Crippen molar-refractivity contribution in [1.82, 2.24) is 19.9 Å². The number of furan rings is 1. The summed E-state index contributed by atoms with van der Waals surface area (Å²) in [6.45, 7) is 2.09. The van der Waals surface area contributed by atoms with Crippen molar-refractivity contribution in [2.24, 2.45) is 0 Å². The van der Waals surface area contributed by atoms with Gasteiger partial charge >= 0.3 is 0 Å². The van der Waals surface area contributed by atoms with Crippen molar-refractivity contribution in [2.45, 2.75) is 6.92 Å². The molecule has 0 amide bonds. The highest BCUT2D eigenvalue weighted by atomic mass is 16.3. The molecule has 5 nitrogen and oxygen atoms in total. The van der Waals surface area contributed by atoms with E-state index in [4.69, 9.17) is 19.4 Å². The highest BCUT2D eigenvalue weighted by molar-refractivity contribution is 6.12. The zero-order valence-electron chi connectivity index (χ0n) is 24.0. The molecular weight excluding hydrogens is 540 g/mol. The van der Waals surface area contributed by atoms with E-state index in [0.29, 0.717) is 17.5 Å². The first-order valence-electron chi connectivity index (χ1n) is 14.6. The van der Waals surface area contributed by atoms with E-state index in [9.17, 15) is 0 Å². The molecule has 208 valence electrons. The standard InChI is InChI=1S/C39H26N4O/c1-25-21-22-40-24-33(25)27-15-17-29(18-16-27)38-41-37(28-11-6-3-7-12-28)42-39(43-38)30-19-20-32-35(23-30)44-34-14-8-13-31(36(32)34)26-9-4-2-5-10-26/h2-24H,1H3. The Hall–Kier alpha value is -5.94. The lowest BCUT2D eigenvalue weighted by atomic mass is 9.99. The highest BCUT2D eigenvalue weighted by Crippen LogP contribution is 2.38. The number of hydrogen-bond acceptors (Lipinski definition) is 5. The molecule has 0 radical (unpaired) electrons. The van der Waals surface area contributed by atoms with Gasteiger partial charge in [-0.3, -0.25) is 4.98 Å². The molecule has 3 heterocycles. The second-order valence-electron chi connectivity index (χ2n) is 10.8. The van der Waals surface area contributed by atoms with E-state index < -0.39 is 0 Å². The van der Waals surface area contributed by atoms with Crippen LogP contribution < -0.4 is 0 Å². The Morgan fingerprint density at radius 3 is 1.77 bits per heavy atom. The van der Waals surface area contributed by atoms with Gasteiger partial charge in [0, 0.05) is 45.4 Å². The van der Waals surface area contributed by atoms with Crippen LogP contribution in [-0.2, 0) is 0 Å². The molecule has 0 saturated heterocycles. The van der Waals surface area contributed by atoms with Crippen molar-refractivity contribution >= 4 is 21.9 Å². The smallest absolute Gasteiger partial charge is 0.164 e. The molecule has 8 aromatic rings. The van der Waals surface area contributed by atoms with Crippen LogP contribution in [0.1, 0.15) is 5.56 Å². The maximum absolute atomic E-state index is 6.40. The summed E-state index contributed by atoms with van der Waals surface area (Å²) in [4.78, 5) is 19.1. The lowest BCUT2D eigenvalue weighted by Gasteiger charge is -2.10. The first kappa shape index (κ1) is 25.7. The van der Waals surface area contributed by atoms with Gasteiger partial charge in [0.05, 0.1) is 0 Å². The van der Waals surface area contributed by atoms with Crippen LogP contribution in [0, 0.1) is 6.92 Å². The second-order valence-corrected chi connectivity index (χ2v) is 10.8. The van der Waals surface area contributed by atoms with Crippen LogP contribution in [0.4, 0.5) is 0 Å². The van der Waals surface area contributed by atoms with E-state index in [1.54, 1.807) is 0 Å². The lowest BCUT2D eigenvalue weighted by Crippen LogP contribution is -2.00. The van der Waals surface area contributed by atoms with Crippen molar-refractivity contribution in [3.05, 3.63) is 145 Å². The maximum atomic E-state index is 6.40. The number of nitrogens with zero attached hydrogens (tertiary/aromatic N) is 4. The van der Waals surface area contributed by atoms with Crippen molar-refractivity contribution in [3.63, 3.8) is 0 Å². The molecule has 0 aliphatic rings. The molecule has 3 aromatic heterocycles. The number of fused-ring (bicyclic) bond motifs is 3. The zero-order valence-corrected chi connectivity index (χ0v) is 24.0. The van der Waals surface area contributed by atoms with Gasteiger partial charge in [-0.1, -0.05) is 103 Å². The molecule has 5 heteroatoms. The van der Waals surface area contributed by atoms with Gasteiger partial charge in [0.1, 0.15) is 11.2 Å². The maximum Gasteiger partial charge on any atom is 0.164 e. The molecule has 0 N–H and O–H groups in total. The Kier molecular flexibility index (Phi) is 6.27. The molecule has 0 atom stereocenters. The van der Waals surface area contributed by atoms with E-state index in [0.717, 1.165) is 60.9 Å². The molecular formula is C39H26N4O. The molecule has 5 aromatic carbocycles. The summed E-state index contributed by atoms with van der Waals surface area (Å²) in [6.07, 6.45) is 3.71. The monoisotopic (exact) mass is 566 g/mol. The third kappa shape index (κ3) is 4.61. The zero-order chi connectivity index (χ0) is 29.5. The minimum Gasteiger partial charge on any atom is -0.456 e. The number of rotatable bonds is 5. The van der Waals surface area contributed by atoms with E-state index in [1.165, 1.54) is 5.56 Å². The fraction of sp³-hybridized carbons (Fsp3) is 0.0256. The number of benzene rings is 5. The third-order valence-corrected chi connectivity index (χ3v) is 8.00. The molecule has 0 bridgehead atoms. The fourth-order valence-corrected chi connectivity index (χ4v) is 5.74. The first-order valence-corrected chi connectivity index (χ1v) is 14.6. The van der Waals surface area contributed by atoms with Crippen LogP contribution in [0.3, 0.4) is 0 Å². The Balaban J connectivity index is 1.25. The van der Waals surface area contributed by atoms with Gasteiger partial charge in [-0.05, 0) is 53.4 Å². The predicted molar refractivity (Wildman–Crippen MR) is 177 cm³/mol. The first-order chi connectivity index (χ1) is 21.7. The summed E-state index contributed by atoms with van der Waals surface area (Å²) in [5, 5.41) is 2.16. The number of hydrogen-bond donors (Lipinski definition) is 0. The third-order valence-electron chi connectivity index (χ3n) is 8.00. The second kappa shape index (κ2) is 10.7. The average Bonchev–Trinajstić information content (AvgIpc) is 3.47. The van der Waals surface area contributed by atoms with Gasteiger partial charge in [-0.25, -0.2) is 15.0 Å². The average molecular weight is 567 g/mol. The minimum atomic E-state index is 0.590. The molecule has 0 aliphatic carbocycles. The van der Waals surface area contributed by atoms with Gasteiger partial charge < -0.3 is 4.42 Å². The topological polar surface area (TPSA) is 64.7 Å². The summed E-state index contributed by atoms with van der Waals surface area (Å²) in [5.74, 6) is 1.82. The quantitative estimate of drug-likeness (QED) is 0.207. The van der Waals surface area contributed by atoms with Crippen molar-refractivity contribution in [2.75, 3.05) is 0 Å². The van der Waals surface area contributed by atoms with E-state index in [-0.39, 0.29) is 0 Å². The van der Waals surface area contributed by atoms with Gasteiger partial charge in [-0.15, -0.1) is 0 Å². The van der Waals surface area contributed by atoms with Crippen LogP contribution in [0.5, 0.6) is 0 Å². The number of aryl methyl sites for hydroxylation is 1. The molecule has 0 aliphatic heterocycles. The molecule has 8 rings (SSSR count). The molecule has 44 heavy (non-hydrogen) atoms. The summed E-state index contributed by atoms with van der Waals surface area (Å²) in [5.41, 5.74) is 10.0. The van der Waals surface area contributed by atoms with Crippen LogP contribution >= 0.6 is 0 Å². The van der Waals surface area contributed by atoms with E-state index in [2.05, 4.69) is 78.6 Å². The predicted octanol–water partition coefficient (Wildman–Crippen LogP) is 9.81. The normalized spacial score (nSPS) is 11.3. The molecule has 0 unspecified atom stereocenters. The SMILES string of the molecule is Cc1ccncc1-c1ccc(-c2nc(-c3ccccc3)nc(-c3ccc4c(c3)oc3cccc(-c5ccccc5)c34)n2)cc1. The van der Waals surface area contributed by atoms with Crippen molar-refractivity contribution in [3.8, 4) is 56.4 Å². The summed E-state index contributed by atoms with van der Waals surface area (Å²) in [6, 6.07) is 43.2. The van der Waals surface area contributed by atoms with Gasteiger partial charge in [0.25, 0.3) is 0 Å². The summed E-state index contributed by atoms with van der Waals surface area (Å²) < 4.78 is 6.40. The summed E-state index contributed by atoms with van der Waals surface area (Å²) in [7, 11) is 0. The van der Waals surface area contributed by atoms with Crippen LogP contribution in [0.2, 0.25) is 0 Å². The van der Waals surface area contributed by atoms with E-state index >= 15 is 0 Å². The molecule has 0 fully saturated rings. The van der Waals surface area contributed by atoms with Crippen molar-refractivity contribution in [1.29, 1.82) is 0 Å². The molecule has 0 spiro atoms. The van der Waals surface area contributed by atoms with E-state index in [1.807, 2.05) is 73.1 Å². The fourth-order valence-electron chi connectivity index (χ4n) is 5.74. The van der Waals surface area contributed by atoms with Gasteiger partial charge in [-0.2, -0.15) is 0 Å². The van der Waals surface area contributed by atoms with Gasteiger partial charge in [0.2, 0.25) is 0 Å². The van der Waals surface area contributed by atoms with Crippen LogP contribution in [0.25, 0.3) is 78.4 Å². The minimum absolute atomic E-state index is 0.590.